The Balaban J connectivity index is 1.31. The summed E-state index contributed by atoms with van der Waals surface area (Å²) in [5, 5.41) is 0. The van der Waals surface area contributed by atoms with E-state index >= 15 is 0 Å². The minimum atomic E-state index is 0.614. The average molecular weight is 471 g/mol. The van der Waals surface area contributed by atoms with Gasteiger partial charge in [0.2, 0.25) is 0 Å². The lowest BCUT2D eigenvalue weighted by Gasteiger charge is -2.39. The van der Waals surface area contributed by atoms with Gasteiger partial charge < -0.3 is 9.64 Å². The maximum atomic E-state index is 6.11. The fourth-order valence-electron chi connectivity index (χ4n) is 4.96. The topological polar surface area (TPSA) is 15.7 Å². The van der Waals surface area contributed by atoms with Crippen molar-refractivity contribution in [3.8, 4) is 5.75 Å². The van der Waals surface area contributed by atoms with Gasteiger partial charge in [0.25, 0.3) is 0 Å². The van der Waals surface area contributed by atoms with Gasteiger partial charge in [-0.15, -0.1) is 0 Å². The lowest BCUT2D eigenvalue weighted by molar-refractivity contribution is 0.0987. The molecule has 3 aromatic carbocycles. The molecule has 4 rings (SSSR count). The van der Waals surface area contributed by atoms with Crippen LogP contribution in [0.4, 0.5) is 0 Å². The van der Waals surface area contributed by atoms with Crippen molar-refractivity contribution in [1.82, 2.24) is 9.80 Å². The molecule has 0 unspecified atom stereocenters. The van der Waals surface area contributed by atoms with Crippen LogP contribution in [0, 0.1) is 5.92 Å². The summed E-state index contributed by atoms with van der Waals surface area (Å²) in [4.78, 5) is 5.40. The third-order valence-electron chi connectivity index (χ3n) is 7.16. The lowest BCUT2D eigenvalue weighted by Crippen LogP contribution is -2.45. The maximum absolute atomic E-state index is 6.11. The van der Waals surface area contributed by atoms with Crippen molar-refractivity contribution >= 4 is 0 Å². The van der Waals surface area contributed by atoms with Crippen LogP contribution in [0.25, 0.3) is 0 Å². The van der Waals surface area contributed by atoms with Crippen molar-refractivity contribution in [2.45, 2.75) is 58.7 Å². The molecule has 0 aliphatic carbocycles. The molecule has 3 heteroatoms. The van der Waals surface area contributed by atoms with Gasteiger partial charge in [-0.05, 0) is 80.1 Å². The van der Waals surface area contributed by atoms with E-state index < -0.39 is 0 Å². The van der Waals surface area contributed by atoms with Crippen LogP contribution in [0.1, 0.15) is 49.8 Å². The van der Waals surface area contributed by atoms with E-state index in [2.05, 4.69) is 103 Å². The van der Waals surface area contributed by atoms with E-state index in [1.54, 1.807) is 0 Å². The highest BCUT2D eigenvalue weighted by molar-refractivity contribution is 5.29. The first-order valence-corrected chi connectivity index (χ1v) is 13.4. The Morgan fingerprint density at radius 2 is 1.49 bits per heavy atom. The predicted molar refractivity (Wildman–Crippen MR) is 147 cm³/mol. The fourth-order valence-corrected chi connectivity index (χ4v) is 4.96. The minimum Gasteiger partial charge on any atom is -0.489 e. The van der Waals surface area contributed by atoms with Crippen LogP contribution in [-0.2, 0) is 19.6 Å². The second-order valence-electron chi connectivity index (χ2n) is 10.4. The Morgan fingerprint density at radius 1 is 0.829 bits per heavy atom. The Bertz CT molecular complexity index is 981. The van der Waals surface area contributed by atoms with Crippen LogP contribution in [0.15, 0.2) is 84.9 Å². The van der Waals surface area contributed by atoms with Crippen LogP contribution in [0.2, 0.25) is 0 Å². The van der Waals surface area contributed by atoms with E-state index in [0.717, 1.165) is 24.6 Å². The van der Waals surface area contributed by atoms with Crippen molar-refractivity contribution in [2.24, 2.45) is 5.92 Å². The van der Waals surface area contributed by atoms with Gasteiger partial charge in [-0.1, -0.05) is 86.6 Å². The molecule has 0 N–H and O–H groups in total. The largest absolute Gasteiger partial charge is 0.489 e. The van der Waals surface area contributed by atoms with E-state index in [-0.39, 0.29) is 0 Å². The van der Waals surface area contributed by atoms with Crippen molar-refractivity contribution in [1.29, 1.82) is 0 Å². The summed E-state index contributed by atoms with van der Waals surface area (Å²) in [6, 6.07) is 30.7. The molecule has 0 spiro atoms. The zero-order valence-electron chi connectivity index (χ0n) is 21.6. The van der Waals surface area contributed by atoms with Gasteiger partial charge in [0, 0.05) is 19.1 Å². The summed E-state index contributed by atoms with van der Waals surface area (Å²) in [5.41, 5.74) is 4.00. The van der Waals surface area contributed by atoms with Gasteiger partial charge in [0.15, 0.2) is 0 Å². The van der Waals surface area contributed by atoms with Crippen LogP contribution in [0.3, 0.4) is 0 Å². The predicted octanol–water partition coefficient (Wildman–Crippen LogP) is 6.82. The quantitative estimate of drug-likeness (QED) is 0.289. The number of piperidine rings is 1. The van der Waals surface area contributed by atoms with E-state index in [4.69, 9.17) is 4.74 Å². The third kappa shape index (κ3) is 8.52. The number of rotatable bonds is 12. The summed E-state index contributed by atoms with van der Waals surface area (Å²) in [6.45, 7) is 11.0. The van der Waals surface area contributed by atoms with Gasteiger partial charge in [-0.2, -0.15) is 0 Å². The summed E-state index contributed by atoms with van der Waals surface area (Å²) < 4.78 is 6.11. The summed E-state index contributed by atoms with van der Waals surface area (Å²) in [6.07, 6.45) is 4.92. The average Bonchev–Trinajstić information content (AvgIpc) is 2.90. The molecule has 186 valence electrons. The fraction of sp³-hybridized carbons (Fsp3) is 0.438. The first-order chi connectivity index (χ1) is 17.2. The van der Waals surface area contributed by atoms with Gasteiger partial charge in [-0.25, -0.2) is 0 Å². The Labute approximate surface area is 212 Å². The third-order valence-corrected chi connectivity index (χ3v) is 7.16. The highest BCUT2D eigenvalue weighted by Gasteiger charge is 2.24. The number of hydrogen-bond acceptors (Lipinski definition) is 3. The van der Waals surface area contributed by atoms with Gasteiger partial charge >= 0.3 is 0 Å². The molecule has 1 fully saturated rings. The Kier molecular flexibility index (Phi) is 9.80. The Hall–Kier alpha value is -2.62. The zero-order valence-corrected chi connectivity index (χ0v) is 21.6. The van der Waals surface area contributed by atoms with Crippen LogP contribution in [-0.4, -0.2) is 42.0 Å². The molecule has 0 aromatic heterocycles. The molecule has 1 saturated heterocycles. The summed E-state index contributed by atoms with van der Waals surface area (Å²) in [5.74, 6) is 1.69. The van der Waals surface area contributed by atoms with Gasteiger partial charge in [-0.3, -0.25) is 4.90 Å². The molecule has 1 aliphatic heterocycles. The smallest absolute Gasteiger partial charge is 0.120 e. The van der Waals surface area contributed by atoms with E-state index in [9.17, 15) is 0 Å². The monoisotopic (exact) mass is 470 g/mol. The molecule has 1 aliphatic rings. The zero-order chi connectivity index (χ0) is 24.3. The van der Waals surface area contributed by atoms with Crippen molar-refractivity contribution in [3.63, 3.8) is 0 Å². The van der Waals surface area contributed by atoms with Gasteiger partial charge in [0.1, 0.15) is 12.4 Å². The van der Waals surface area contributed by atoms with Crippen molar-refractivity contribution < 1.29 is 4.74 Å². The maximum Gasteiger partial charge on any atom is 0.120 e. The number of hydrogen-bond donors (Lipinski definition) is 0. The SMILES string of the molecule is CC(C)CCN(Cc1cccc(OCc2ccccc2)c1)C1CCN(CCc2ccccc2)CC1. The van der Waals surface area contributed by atoms with E-state index in [0.29, 0.717) is 12.6 Å². The molecule has 0 saturated carbocycles. The molecule has 0 radical (unpaired) electrons. The number of likely N-dealkylation sites (tertiary alicyclic amines) is 1. The first-order valence-electron chi connectivity index (χ1n) is 13.4. The van der Waals surface area contributed by atoms with E-state index in [1.807, 2.05) is 6.07 Å². The molecule has 3 nitrogen and oxygen atoms in total. The molecule has 0 amide bonds. The molecular formula is C32H42N2O. The number of nitrogens with zero attached hydrogens (tertiary/aromatic N) is 2. The van der Waals surface area contributed by atoms with Crippen molar-refractivity contribution in [3.05, 3.63) is 102 Å². The molecular weight excluding hydrogens is 428 g/mol. The van der Waals surface area contributed by atoms with Crippen LogP contribution < -0.4 is 4.74 Å². The second kappa shape index (κ2) is 13.5. The Morgan fingerprint density at radius 3 is 2.17 bits per heavy atom. The molecule has 35 heavy (non-hydrogen) atoms. The van der Waals surface area contributed by atoms with Crippen LogP contribution >= 0.6 is 0 Å². The molecule has 3 aromatic rings. The van der Waals surface area contributed by atoms with Crippen LogP contribution in [0.5, 0.6) is 5.75 Å². The number of ether oxygens (including phenoxy) is 1. The highest BCUT2D eigenvalue weighted by atomic mass is 16.5. The van der Waals surface area contributed by atoms with Gasteiger partial charge in [0.05, 0.1) is 0 Å². The second-order valence-corrected chi connectivity index (χ2v) is 10.4. The lowest BCUT2D eigenvalue weighted by atomic mass is 10.00. The van der Waals surface area contributed by atoms with E-state index in [1.165, 1.54) is 62.1 Å². The molecule has 0 bridgehead atoms. The molecule has 1 heterocycles. The standard InChI is InChI=1S/C32H42N2O/c1-27(2)16-23-34(31-18-21-33(22-19-31)20-17-28-10-5-3-6-11-28)25-30-14-9-15-32(24-30)35-26-29-12-7-4-8-13-29/h3-15,24,27,31H,16-23,25-26H2,1-2H3. The summed E-state index contributed by atoms with van der Waals surface area (Å²) in [7, 11) is 0. The normalized spacial score (nSPS) is 15.1. The molecule has 0 atom stereocenters. The minimum absolute atomic E-state index is 0.614. The summed E-state index contributed by atoms with van der Waals surface area (Å²) >= 11 is 0. The van der Waals surface area contributed by atoms with Crippen molar-refractivity contribution in [2.75, 3.05) is 26.2 Å². The number of benzene rings is 3. The first kappa shape index (κ1) is 25.5. The highest BCUT2D eigenvalue weighted by Crippen LogP contribution is 2.23.